The lowest BCUT2D eigenvalue weighted by Gasteiger charge is -2.44. The summed E-state index contributed by atoms with van der Waals surface area (Å²) in [6, 6.07) is 3.16. The Morgan fingerprint density at radius 3 is 2.83 bits per heavy atom. The third kappa shape index (κ3) is 2.30. The lowest BCUT2D eigenvalue weighted by atomic mass is 9.86. The quantitative estimate of drug-likeness (QED) is 0.840. The van der Waals surface area contributed by atoms with Crippen LogP contribution >= 0.6 is 11.3 Å². The summed E-state index contributed by atoms with van der Waals surface area (Å²) in [5.41, 5.74) is 5.92. The standard InChI is InChI=1S/C13H18N2O2S/c14-12(11-2-1-7-18-11)13(16)17-10-8-15-5-3-9(10)4-6-15/h1-2,7,9-10,12H,3-6,8,14H2. The molecule has 2 N–H and O–H groups in total. The van der Waals surface area contributed by atoms with E-state index >= 15 is 0 Å². The molecule has 1 aromatic rings. The Morgan fingerprint density at radius 2 is 2.28 bits per heavy atom. The summed E-state index contributed by atoms with van der Waals surface area (Å²) in [6.07, 6.45) is 2.34. The number of piperidine rings is 3. The second-order valence-corrected chi connectivity index (χ2v) is 6.09. The van der Waals surface area contributed by atoms with Crippen molar-refractivity contribution in [3.63, 3.8) is 0 Å². The van der Waals surface area contributed by atoms with Gasteiger partial charge in [-0.2, -0.15) is 0 Å². The average Bonchev–Trinajstić information content (AvgIpc) is 2.93. The molecule has 4 heterocycles. The highest BCUT2D eigenvalue weighted by Crippen LogP contribution is 2.30. The summed E-state index contributed by atoms with van der Waals surface area (Å²) in [7, 11) is 0. The van der Waals surface area contributed by atoms with E-state index in [9.17, 15) is 4.79 Å². The van der Waals surface area contributed by atoms with Crippen LogP contribution in [0.25, 0.3) is 0 Å². The lowest BCUT2D eigenvalue weighted by molar-refractivity contribution is -0.160. The highest BCUT2D eigenvalue weighted by Gasteiger charge is 2.37. The van der Waals surface area contributed by atoms with Crippen LogP contribution in [0.1, 0.15) is 23.8 Å². The van der Waals surface area contributed by atoms with Gasteiger partial charge in [0.1, 0.15) is 12.1 Å². The molecule has 0 saturated carbocycles. The number of carbonyl (C=O) groups is 1. The summed E-state index contributed by atoms with van der Waals surface area (Å²) in [6.45, 7) is 3.18. The second kappa shape index (κ2) is 4.99. The molecule has 3 saturated heterocycles. The Labute approximate surface area is 111 Å². The number of hydrogen-bond acceptors (Lipinski definition) is 5. The van der Waals surface area contributed by atoms with Crippen LogP contribution in [-0.2, 0) is 9.53 Å². The number of esters is 1. The van der Waals surface area contributed by atoms with Gasteiger partial charge in [-0.15, -0.1) is 11.3 Å². The van der Waals surface area contributed by atoms with Gasteiger partial charge in [0.15, 0.2) is 0 Å². The van der Waals surface area contributed by atoms with E-state index in [4.69, 9.17) is 10.5 Å². The lowest BCUT2D eigenvalue weighted by Crippen LogP contribution is -2.52. The third-order valence-corrected chi connectivity index (χ3v) is 4.92. The van der Waals surface area contributed by atoms with Gasteiger partial charge in [0, 0.05) is 11.4 Å². The largest absolute Gasteiger partial charge is 0.459 e. The van der Waals surface area contributed by atoms with Crippen LogP contribution in [0.5, 0.6) is 0 Å². The van der Waals surface area contributed by atoms with Gasteiger partial charge in [-0.25, -0.2) is 4.79 Å². The van der Waals surface area contributed by atoms with E-state index in [2.05, 4.69) is 4.90 Å². The minimum Gasteiger partial charge on any atom is -0.459 e. The van der Waals surface area contributed by atoms with Gasteiger partial charge in [0.05, 0.1) is 0 Å². The molecule has 2 atom stereocenters. The van der Waals surface area contributed by atoms with Crippen molar-refractivity contribution in [1.29, 1.82) is 0 Å². The highest BCUT2D eigenvalue weighted by molar-refractivity contribution is 7.10. The normalized spacial score (nSPS) is 32.2. The molecule has 4 nitrogen and oxygen atoms in total. The first-order valence-electron chi connectivity index (χ1n) is 6.46. The van der Waals surface area contributed by atoms with E-state index in [1.807, 2.05) is 17.5 Å². The van der Waals surface area contributed by atoms with Crippen molar-refractivity contribution in [2.45, 2.75) is 25.0 Å². The first-order valence-corrected chi connectivity index (χ1v) is 7.34. The number of carbonyl (C=O) groups excluding carboxylic acids is 1. The fourth-order valence-corrected chi connectivity index (χ4v) is 3.57. The molecule has 2 bridgehead atoms. The Hall–Kier alpha value is -0.910. The van der Waals surface area contributed by atoms with Crippen molar-refractivity contribution in [2.75, 3.05) is 19.6 Å². The van der Waals surface area contributed by atoms with Gasteiger partial charge in [-0.05, 0) is 43.3 Å². The number of thiophene rings is 1. The molecule has 2 unspecified atom stereocenters. The van der Waals surface area contributed by atoms with Crippen LogP contribution < -0.4 is 5.73 Å². The zero-order valence-electron chi connectivity index (χ0n) is 10.2. The number of hydrogen-bond donors (Lipinski definition) is 1. The number of ether oxygens (including phenoxy) is 1. The molecule has 18 heavy (non-hydrogen) atoms. The van der Waals surface area contributed by atoms with Crippen molar-refractivity contribution in [2.24, 2.45) is 11.7 Å². The Kier molecular flexibility index (Phi) is 3.37. The summed E-state index contributed by atoms with van der Waals surface area (Å²) in [4.78, 5) is 15.3. The predicted octanol–water partition coefficient (Wildman–Crippen LogP) is 1.39. The molecular weight excluding hydrogens is 248 g/mol. The number of fused-ring (bicyclic) bond motifs is 3. The number of rotatable bonds is 3. The summed E-state index contributed by atoms with van der Waals surface area (Å²) < 4.78 is 5.61. The molecule has 98 valence electrons. The van der Waals surface area contributed by atoms with Crippen molar-refractivity contribution in [3.8, 4) is 0 Å². The van der Waals surface area contributed by atoms with Gasteiger partial charge in [0.2, 0.25) is 0 Å². The number of nitrogens with zero attached hydrogens (tertiary/aromatic N) is 1. The average molecular weight is 266 g/mol. The van der Waals surface area contributed by atoms with Crippen molar-refractivity contribution >= 4 is 17.3 Å². The molecule has 3 aliphatic heterocycles. The van der Waals surface area contributed by atoms with E-state index in [1.165, 1.54) is 11.3 Å². The minimum atomic E-state index is -0.625. The van der Waals surface area contributed by atoms with Crippen molar-refractivity contribution in [3.05, 3.63) is 22.4 Å². The first kappa shape index (κ1) is 12.1. The van der Waals surface area contributed by atoms with Crippen molar-refractivity contribution < 1.29 is 9.53 Å². The Morgan fingerprint density at radius 1 is 1.50 bits per heavy atom. The van der Waals surface area contributed by atoms with E-state index < -0.39 is 6.04 Å². The summed E-state index contributed by atoms with van der Waals surface area (Å²) in [5, 5.41) is 1.93. The molecule has 5 heteroatoms. The van der Waals surface area contributed by atoms with Crippen LogP contribution in [0.15, 0.2) is 17.5 Å². The van der Waals surface area contributed by atoms with Gasteiger partial charge >= 0.3 is 5.97 Å². The molecule has 0 amide bonds. The van der Waals surface area contributed by atoms with Gasteiger partial charge < -0.3 is 10.5 Å². The van der Waals surface area contributed by atoms with Gasteiger partial charge in [-0.1, -0.05) is 6.07 Å². The van der Waals surface area contributed by atoms with Crippen LogP contribution in [0.4, 0.5) is 0 Å². The SMILES string of the molecule is NC(C(=O)OC1CN2CCC1CC2)c1cccs1. The summed E-state index contributed by atoms with van der Waals surface area (Å²) in [5.74, 6) is 0.255. The van der Waals surface area contributed by atoms with Crippen molar-refractivity contribution in [1.82, 2.24) is 4.90 Å². The smallest absolute Gasteiger partial charge is 0.328 e. The van der Waals surface area contributed by atoms with Gasteiger partial charge in [0.25, 0.3) is 0 Å². The van der Waals surface area contributed by atoms with E-state index in [0.717, 1.165) is 37.4 Å². The van der Waals surface area contributed by atoms with Crippen LogP contribution in [-0.4, -0.2) is 36.6 Å². The topological polar surface area (TPSA) is 55.6 Å². The zero-order valence-corrected chi connectivity index (χ0v) is 11.1. The Balaban J connectivity index is 1.61. The van der Waals surface area contributed by atoms with Crippen LogP contribution in [0.2, 0.25) is 0 Å². The van der Waals surface area contributed by atoms with Crippen LogP contribution in [0, 0.1) is 5.92 Å². The summed E-state index contributed by atoms with van der Waals surface area (Å²) >= 11 is 1.50. The number of nitrogens with two attached hydrogens (primary N) is 1. The highest BCUT2D eigenvalue weighted by atomic mass is 32.1. The zero-order chi connectivity index (χ0) is 12.5. The monoisotopic (exact) mass is 266 g/mol. The predicted molar refractivity (Wildman–Crippen MR) is 70.3 cm³/mol. The first-order chi connectivity index (χ1) is 8.74. The minimum absolute atomic E-state index is 0.0472. The molecule has 3 aliphatic rings. The molecule has 0 aliphatic carbocycles. The fourth-order valence-electron chi connectivity index (χ4n) is 2.85. The molecule has 3 fully saturated rings. The van der Waals surface area contributed by atoms with Gasteiger partial charge in [-0.3, -0.25) is 4.90 Å². The maximum Gasteiger partial charge on any atom is 0.328 e. The molecule has 1 aromatic heterocycles. The molecule has 4 rings (SSSR count). The van der Waals surface area contributed by atoms with E-state index in [-0.39, 0.29) is 12.1 Å². The van der Waals surface area contributed by atoms with Crippen LogP contribution in [0.3, 0.4) is 0 Å². The molecule has 0 spiro atoms. The van der Waals surface area contributed by atoms with E-state index in [1.54, 1.807) is 0 Å². The Bertz CT molecular complexity index is 413. The third-order valence-electron chi connectivity index (χ3n) is 3.97. The molecule has 0 radical (unpaired) electrons. The second-order valence-electron chi connectivity index (χ2n) is 5.11. The van der Waals surface area contributed by atoms with E-state index in [0.29, 0.717) is 5.92 Å². The molecule has 0 aromatic carbocycles. The molecular formula is C13H18N2O2S. The maximum atomic E-state index is 12.0. The maximum absolute atomic E-state index is 12.0. The fraction of sp³-hybridized carbons (Fsp3) is 0.615.